The molecule has 0 unspecified atom stereocenters. The van der Waals surface area contributed by atoms with Gasteiger partial charge in [-0.1, -0.05) is 0 Å². The van der Waals surface area contributed by atoms with Gasteiger partial charge in [-0.2, -0.15) is 0 Å². The van der Waals surface area contributed by atoms with Gasteiger partial charge in [0.2, 0.25) is 0 Å². The molecule has 10 heavy (non-hydrogen) atoms. The molecule has 0 aliphatic heterocycles. The van der Waals surface area contributed by atoms with E-state index in [0.717, 1.165) is 18.6 Å². The van der Waals surface area contributed by atoms with E-state index in [1.807, 2.05) is 12.1 Å². The maximum atomic E-state index is 5.16. The Morgan fingerprint density at radius 2 is 2.50 bits per heavy atom. The Morgan fingerprint density at radius 3 is 3.00 bits per heavy atom. The van der Waals surface area contributed by atoms with Crippen LogP contribution in [0.4, 0.5) is 0 Å². The molecular formula is C8H14NO+. The lowest BCUT2D eigenvalue weighted by molar-refractivity contribution is -0.415. The summed E-state index contributed by atoms with van der Waals surface area (Å²) in [6.07, 6.45) is 3.83. The first-order valence-electron chi connectivity index (χ1n) is 3.64. The van der Waals surface area contributed by atoms with Crippen molar-refractivity contribution in [2.24, 2.45) is 0 Å². The molecule has 2 heteroatoms. The fraction of sp³-hybridized carbons (Fsp3) is 0.500. The molecule has 0 bridgehead atoms. The highest BCUT2D eigenvalue weighted by Crippen LogP contribution is 2.03. The van der Waals surface area contributed by atoms with Crippen LogP contribution in [0.5, 0.6) is 0 Å². The van der Waals surface area contributed by atoms with E-state index < -0.39 is 0 Å². The minimum absolute atomic E-state index is 0.519. The van der Waals surface area contributed by atoms with E-state index in [0.29, 0.717) is 6.04 Å². The van der Waals surface area contributed by atoms with Gasteiger partial charge < -0.3 is 10.2 Å². The zero-order valence-corrected chi connectivity index (χ0v) is 6.34. The predicted octanol–water partition coefficient (Wildman–Crippen LogP) is 0.843. The molecule has 56 valence electrons. The molecule has 0 saturated carbocycles. The summed E-state index contributed by atoms with van der Waals surface area (Å²) in [5.41, 5.74) is 3.90. The Hall–Kier alpha value is -0.760. The first kappa shape index (κ1) is 7.35. The highest BCUT2D eigenvalue weighted by molar-refractivity contribution is 4.97. The van der Waals surface area contributed by atoms with Crippen LogP contribution in [0.2, 0.25) is 0 Å². The topological polar surface area (TPSA) is 40.8 Å². The molecule has 0 saturated heterocycles. The molecule has 1 heterocycles. The van der Waals surface area contributed by atoms with Crippen LogP contribution in [0.1, 0.15) is 19.1 Å². The van der Waals surface area contributed by atoms with Gasteiger partial charge in [0.1, 0.15) is 5.76 Å². The number of aryl methyl sites for hydroxylation is 1. The Morgan fingerprint density at radius 1 is 1.70 bits per heavy atom. The van der Waals surface area contributed by atoms with Gasteiger partial charge in [-0.05, 0) is 19.1 Å². The zero-order chi connectivity index (χ0) is 7.40. The van der Waals surface area contributed by atoms with Crippen LogP contribution in [0.3, 0.4) is 0 Å². The van der Waals surface area contributed by atoms with Crippen LogP contribution in [-0.2, 0) is 6.42 Å². The van der Waals surface area contributed by atoms with Crippen molar-refractivity contribution in [2.75, 3.05) is 0 Å². The minimum atomic E-state index is 0.519. The third kappa shape index (κ3) is 2.23. The molecule has 0 aliphatic carbocycles. The van der Waals surface area contributed by atoms with Gasteiger partial charge in [-0.15, -0.1) is 0 Å². The summed E-state index contributed by atoms with van der Waals surface area (Å²) < 4.78 is 5.16. The molecule has 0 amide bonds. The van der Waals surface area contributed by atoms with E-state index in [-0.39, 0.29) is 0 Å². The van der Waals surface area contributed by atoms with Crippen LogP contribution in [0, 0.1) is 0 Å². The highest BCUT2D eigenvalue weighted by Gasteiger charge is 1.99. The van der Waals surface area contributed by atoms with Gasteiger partial charge in [-0.25, -0.2) is 0 Å². The maximum absolute atomic E-state index is 5.16. The molecule has 0 fully saturated rings. The van der Waals surface area contributed by atoms with Crippen molar-refractivity contribution in [1.29, 1.82) is 0 Å². The van der Waals surface area contributed by atoms with E-state index >= 15 is 0 Å². The Bertz CT molecular complexity index is 167. The van der Waals surface area contributed by atoms with Crippen LogP contribution in [0.25, 0.3) is 0 Å². The Balaban J connectivity index is 2.28. The van der Waals surface area contributed by atoms with E-state index in [1.54, 1.807) is 6.26 Å². The number of furan rings is 1. The van der Waals surface area contributed by atoms with Crippen molar-refractivity contribution >= 4 is 0 Å². The molecule has 1 atom stereocenters. The van der Waals surface area contributed by atoms with E-state index in [1.165, 1.54) is 0 Å². The summed E-state index contributed by atoms with van der Waals surface area (Å²) in [7, 11) is 0. The lowest BCUT2D eigenvalue weighted by atomic mass is 10.2. The van der Waals surface area contributed by atoms with Crippen molar-refractivity contribution in [3.8, 4) is 0 Å². The summed E-state index contributed by atoms with van der Waals surface area (Å²) in [5.74, 6) is 1.07. The van der Waals surface area contributed by atoms with Crippen LogP contribution >= 0.6 is 0 Å². The number of rotatable bonds is 3. The summed E-state index contributed by atoms with van der Waals surface area (Å²) in [5, 5.41) is 0. The summed E-state index contributed by atoms with van der Waals surface area (Å²) >= 11 is 0. The van der Waals surface area contributed by atoms with Crippen molar-refractivity contribution < 1.29 is 10.2 Å². The molecule has 2 nitrogen and oxygen atoms in total. The van der Waals surface area contributed by atoms with Crippen LogP contribution in [0.15, 0.2) is 22.8 Å². The molecular weight excluding hydrogens is 126 g/mol. The lowest BCUT2D eigenvalue weighted by Crippen LogP contribution is -2.59. The van der Waals surface area contributed by atoms with Crippen LogP contribution < -0.4 is 5.73 Å². The van der Waals surface area contributed by atoms with E-state index in [2.05, 4.69) is 12.7 Å². The Labute approximate surface area is 61.0 Å². The van der Waals surface area contributed by atoms with Crippen molar-refractivity contribution in [2.45, 2.75) is 25.8 Å². The van der Waals surface area contributed by atoms with E-state index in [4.69, 9.17) is 4.42 Å². The number of hydrogen-bond acceptors (Lipinski definition) is 1. The van der Waals surface area contributed by atoms with Crippen LogP contribution in [-0.4, -0.2) is 6.04 Å². The SMILES string of the molecule is C[C@H]([NH3+])CCc1ccco1. The van der Waals surface area contributed by atoms with Gasteiger partial charge in [0.25, 0.3) is 0 Å². The average Bonchev–Trinajstić information content (AvgIpc) is 2.34. The Kier molecular flexibility index (Phi) is 2.51. The maximum Gasteiger partial charge on any atom is 0.103 e. The van der Waals surface area contributed by atoms with Crippen molar-refractivity contribution in [1.82, 2.24) is 0 Å². The first-order valence-corrected chi connectivity index (χ1v) is 3.64. The van der Waals surface area contributed by atoms with Crippen molar-refractivity contribution in [3.05, 3.63) is 24.2 Å². The molecule has 1 aromatic rings. The molecule has 1 aromatic heterocycles. The minimum Gasteiger partial charge on any atom is -0.469 e. The molecule has 0 aromatic carbocycles. The molecule has 0 spiro atoms. The predicted molar refractivity (Wildman–Crippen MR) is 39.4 cm³/mol. The second-order valence-corrected chi connectivity index (χ2v) is 2.72. The van der Waals surface area contributed by atoms with Gasteiger partial charge in [0.15, 0.2) is 0 Å². The third-order valence-electron chi connectivity index (χ3n) is 1.46. The average molecular weight is 140 g/mol. The van der Waals surface area contributed by atoms with E-state index in [9.17, 15) is 0 Å². The lowest BCUT2D eigenvalue weighted by Gasteiger charge is -1.97. The normalized spacial score (nSPS) is 13.4. The quantitative estimate of drug-likeness (QED) is 0.664. The van der Waals surface area contributed by atoms with Gasteiger partial charge >= 0.3 is 0 Å². The van der Waals surface area contributed by atoms with Gasteiger partial charge in [0, 0.05) is 12.8 Å². The van der Waals surface area contributed by atoms with Crippen molar-refractivity contribution in [3.63, 3.8) is 0 Å². The summed E-state index contributed by atoms with van der Waals surface area (Å²) in [6.45, 7) is 2.11. The fourth-order valence-corrected chi connectivity index (χ4v) is 0.843. The molecule has 0 aliphatic rings. The first-order chi connectivity index (χ1) is 4.79. The van der Waals surface area contributed by atoms with Gasteiger partial charge in [0.05, 0.1) is 12.3 Å². The van der Waals surface area contributed by atoms with Gasteiger partial charge in [-0.3, -0.25) is 0 Å². The number of quaternary nitrogens is 1. The highest BCUT2D eigenvalue weighted by atomic mass is 16.3. The smallest absolute Gasteiger partial charge is 0.103 e. The summed E-state index contributed by atoms with van der Waals surface area (Å²) in [6, 6.07) is 4.44. The number of hydrogen-bond donors (Lipinski definition) is 1. The standard InChI is InChI=1S/C8H13NO/c1-7(9)4-5-8-3-2-6-10-8/h2-3,6-7H,4-5,9H2,1H3/p+1/t7-/m0/s1. The fourth-order valence-electron chi connectivity index (χ4n) is 0.843. The molecule has 1 rings (SSSR count). The second kappa shape index (κ2) is 3.42. The molecule has 3 N–H and O–H groups in total. The monoisotopic (exact) mass is 140 g/mol. The largest absolute Gasteiger partial charge is 0.469 e. The second-order valence-electron chi connectivity index (χ2n) is 2.72. The molecule has 0 radical (unpaired) electrons. The summed E-state index contributed by atoms with van der Waals surface area (Å²) in [4.78, 5) is 0. The third-order valence-corrected chi connectivity index (χ3v) is 1.46. The zero-order valence-electron chi connectivity index (χ0n) is 6.34.